The Morgan fingerprint density at radius 2 is 1.28 bits per heavy atom. The van der Waals surface area contributed by atoms with Crippen LogP contribution < -0.4 is 3.80 Å². The number of carbonyl (C=O) groups is 1. The van der Waals surface area contributed by atoms with Crippen molar-refractivity contribution in [2.45, 2.75) is 40.4 Å². The van der Waals surface area contributed by atoms with Gasteiger partial charge in [0.1, 0.15) is 0 Å². The molecule has 2 aromatic rings. The van der Waals surface area contributed by atoms with Crippen molar-refractivity contribution in [3.63, 3.8) is 0 Å². The molecule has 1 N–H and O–H groups in total. The number of nitrogens with one attached hydrogen (secondary N) is 1. The first-order chi connectivity index (χ1) is 16.9. The average Bonchev–Trinajstić information content (AvgIpc) is 3.25. The molecule has 1 amide bonds. The van der Waals surface area contributed by atoms with E-state index in [9.17, 15) is 4.79 Å². The molecule has 5 rings (SSSR count). The van der Waals surface area contributed by atoms with E-state index in [1.807, 2.05) is 36.4 Å². The summed E-state index contributed by atoms with van der Waals surface area (Å²) in [5.74, 6) is 3.18. The predicted octanol–water partition coefficient (Wildman–Crippen LogP) is 6.83. The van der Waals surface area contributed by atoms with Crippen molar-refractivity contribution < 1.29 is 21.6 Å². The minimum absolute atomic E-state index is 0. The topological polar surface area (TPSA) is 29.1 Å². The van der Waals surface area contributed by atoms with Crippen LogP contribution in [0.4, 0.5) is 0 Å². The summed E-state index contributed by atoms with van der Waals surface area (Å²) in [6.45, 7) is 8.20. The molecule has 36 heavy (non-hydrogen) atoms. The Hall–Kier alpha value is -2.20. The summed E-state index contributed by atoms with van der Waals surface area (Å²) in [5.41, 5.74) is 4.20. The van der Waals surface area contributed by atoms with Gasteiger partial charge < -0.3 is 0 Å². The zero-order valence-corrected chi connectivity index (χ0v) is 22.8. The summed E-state index contributed by atoms with van der Waals surface area (Å²) in [6.07, 6.45) is 15.9. The third-order valence-electron chi connectivity index (χ3n) is 8.34. The maximum Gasteiger partial charge on any atom is -0.0149 e. The van der Waals surface area contributed by atoms with Gasteiger partial charge >= 0.3 is 120 Å². The number of amides is 1. The van der Waals surface area contributed by atoms with E-state index in [-0.39, 0.29) is 11.0 Å². The van der Waals surface area contributed by atoms with E-state index in [1.54, 1.807) is 0 Å². The maximum absolute atomic E-state index is 11.0. The van der Waals surface area contributed by atoms with Gasteiger partial charge in [-0.1, -0.05) is 73.8 Å². The second-order valence-electron chi connectivity index (χ2n) is 10.7. The first kappa shape index (κ1) is 28.4. The van der Waals surface area contributed by atoms with Gasteiger partial charge in [0.05, 0.1) is 0 Å². The summed E-state index contributed by atoms with van der Waals surface area (Å²) in [7, 11) is 0. The van der Waals surface area contributed by atoms with E-state index in [0.29, 0.717) is 5.92 Å². The third-order valence-corrected chi connectivity index (χ3v) is 13.6. The largest absolute Gasteiger partial charge is 0.0149 e. The van der Waals surface area contributed by atoms with Crippen LogP contribution in [0.25, 0.3) is 11.1 Å². The molecule has 5 atom stereocenters. The summed E-state index contributed by atoms with van der Waals surface area (Å²) < 4.78 is 4.04. The van der Waals surface area contributed by atoms with Crippen molar-refractivity contribution in [1.29, 1.82) is 0 Å². The van der Waals surface area contributed by atoms with Crippen molar-refractivity contribution >= 4 is 28.5 Å². The van der Waals surface area contributed by atoms with Crippen LogP contribution in [0.2, 0.25) is 14.7 Å². The summed E-state index contributed by atoms with van der Waals surface area (Å²) >= 11 is -2.25. The van der Waals surface area contributed by atoms with Gasteiger partial charge in [-0.15, -0.1) is 0 Å². The Bertz CT molecular complexity index is 1040. The molecule has 3 aliphatic rings. The fraction of sp³-hybridized carbons (Fsp3) is 0.344. The van der Waals surface area contributed by atoms with Gasteiger partial charge in [0.25, 0.3) is 0 Å². The molecule has 2 aromatic carbocycles. The molecule has 0 heterocycles. The molecule has 0 aromatic heterocycles. The zero-order valence-electron chi connectivity index (χ0n) is 21.2. The molecule has 0 saturated heterocycles. The van der Waals surface area contributed by atoms with Crippen LogP contribution in [-0.2, 0) is 21.6 Å². The van der Waals surface area contributed by atoms with Gasteiger partial charge in [0, 0.05) is 0 Å². The van der Waals surface area contributed by atoms with E-state index in [4.69, 9.17) is 0 Å². The second-order valence-corrected chi connectivity index (χ2v) is 17.6. The van der Waals surface area contributed by atoms with Gasteiger partial charge in [-0.2, -0.15) is 0 Å². The molecule has 0 spiro atoms. The van der Waals surface area contributed by atoms with Crippen LogP contribution in [0.15, 0.2) is 98.1 Å². The van der Waals surface area contributed by atoms with Gasteiger partial charge in [-0.25, -0.2) is 0 Å². The first-order valence-corrected chi connectivity index (χ1v) is 17.8. The van der Waals surface area contributed by atoms with Crippen molar-refractivity contribution in [2.24, 2.45) is 23.7 Å². The number of benzene rings is 2. The number of allylic oxidation sites excluding steroid dienone is 6. The van der Waals surface area contributed by atoms with Crippen LogP contribution in [0.3, 0.4) is 0 Å². The standard InChI is InChI=1S/C16H14.C13H17.CH3NO.2CH3.H4Si.Ti/c1-13(15-9-5-3-6-10-15)14(2)16-11-7-4-8-12-16;1-3-7-12-10(5-1)9-11-6-2-4-8-13(11)12;2-1-3;;;;/h3-12H,1-2H2;1,3,5,7,9-13H,2,4,6,8H2;1H,(H2,2,3);2*1H3;1H4;/q;;;;;;+1/p-1. The third kappa shape index (κ3) is 6.19. The fourth-order valence-electron chi connectivity index (χ4n) is 6.72. The van der Waals surface area contributed by atoms with Crippen molar-refractivity contribution in [3.05, 3.63) is 109 Å². The molecule has 2 fully saturated rings. The minimum Gasteiger partial charge on any atom is -0.0149 e. The molecule has 3 aliphatic carbocycles. The van der Waals surface area contributed by atoms with Crippen molar-refractivity contribution in [1.82, 2.24) is 3.80 Å². The van der Waals surface area contributed by atoms with Gasteiger partial charge in [-0.05, 0) is 33.2 Å². The Morgan fingerprint density at radius 1 is 0.806 bits per heavy atom. The van der Waals surface area contributed by atoms with Gasteiger partial charge in [0.2, 0.25) is 0 Å². The Balaban J connectivity index is 0.000000198. The van der Waals surface area contributed by atoms with Crippen LogP contribution in [0, 0.1) is 23.7 Å². The zero-order chi connectivity index (χ0) is 24.8. The van der Waals surface area contributed by atoms with Crippen LogP contribution in [0.5, 0.6) is 0 Å². The molecule has 5 unspecified atom stereocenters. The maximum atomic E-state index is 11.0. The molecule has 190 valence electrons. The summed E-state index contributed by atoms with van der Waals surface area (Å²) in [6, 6.07) is 20.3. The molecule has 0 aliphatic heterocycles. The van der Waals surface area contributed by atoms with Crippen LogP contribution in [0.1, 0.15) is 36.8 Å². The van der Waals surface area contributed by atoms with Crippen LogP contribution in [-0.4, -0.2) is 17.4 Å². The Morgan fingerprint density at radius 3 is 1.78 bits per heavy atom. The van der Waals surface area contributed by atoms with Crippen LogP contribution >= 0.6 is 0 Å². The quantitative estimate of drug-likeness (QED) is 0.246. The number of rotatable bonds is 6. The van der Waals surface area contributed by atoms with Gasteiger partial charge in [-0.3, -0.25) is 0 Å². The summed E-state index contributed by atoms with van der Waals surface area (Å²) in [4.78, 5) is 11.0. The van der Waals surface area contributed by atoms with E-state index in [2.05, 4.69) is 76.0 Å². The number of hydrogen-bond acceptors (Lipinski definition) is 1. The number of hydrogen-bond donors (Lipinski definition) is 1. The molecule has 0 radical (unpaired) electrons. The molecular weight excluding hydrogens is 490 g/mol. The van der Waals surface area contributed by atoms with E-state index >= 15 is 0 Å². The van der Waals surface area contributed by atoms with Gasteiger partial charge in [0.15, 0.2) is 0 Å². The Labute approximate surface area is 226 Å². The van der Waals surface area contributed by atoms with E-state index < -0.39 is 16.8 Å². The SMILES string of the molecule is C=C(C(=C)c1ccccc1)c1ccccc1.[CH3][Ti]([CH3])([NH]C=O)[CH]1C2C=CC=CC2C2CCCCC21.[SiH4]. The normalized spacial score (nSPS) is 25.8. The van der Waals surface area contributed by atoms with Crippen molar-refractivity contribution in [3.8, 4) is 0 Å². The predicted molar refractivity (Wildman–Crippen MR) is 158 cm³/mol. The molecule has 2 saturated carbocycles. The molecule has 4 heteroatoms. The average molecular weight is 534 g/mol. The minimum atomic E-state index is -2.25. The molecular formula is C32H43NOSiTi. The monoisotopic (exact) mass is 533 g/mol. The van der Waals surface area contributed by atoms with E-state index in [0.717, 1.165) is 50.7 Å². The second kappa shape index (κ2) is 12.9. The molecule has 0 bridgehead atoms. The van der Waals surface area contributed by atoms with Crippen molar-refractivity contribution in [2.75, 3.05) is 0 Å². The summed E-state index contributed by atoms with van der Waals surface area (Å²) in [5, 5.41) is 4.78. The Kier molecular flexibility index (Phi) is 10.1. The first-order valence-electron chi connectivity index (χ1n) is 13.0. The molecule has 2 nitrogen and oxygen atoms in total. The fourth-order valence-corrected chi connectivity index (χ4v) is 11.8. The van der Waals surface area contributed by atoms with E-state index in [1.165, 1.54) is 25.7 Å². The number of fused-ring (bicyclic) bond motifs is 3. The number of carbonyl (C=O) groups excluding carboxylic acids is 1. The smallest absolute Gasteiger partial charge is 0.0149 e.